The predicted octanol–water partition coefficient (Wildman–Crippen LogP) is 3.70. The van der Waals surface area contributed by atoms with Crippen molar-refractivity contribution >= 4 is 17.5 Å². The number of aryl methyl sites for hydroxylation is 2. The van der Waals surface area contributed by atoms with E-state index in [-0.39, 0.29) is 12.4 Å². The minimum Gasteiger partial charge on any atom is -1.00 e. The molecule has 170 valence electrons. The number of nitrogens with zero attached hydrogens (tertiary/aromatic N) is 2. The van der Waals surface area contributed by atoms with Gasteiger partial charge in [-0.2, -0.15) is 0 Å². The first-order chi connectivity index (χ1) is 15.7. The number of fused-ring (bicyclic) bond motifs is 1. The van der Waals surface area contributed by atoms with E-state index in [0.717, 1.165) is 43.3 Å². The van der Waals surface area contributed by atoms with Crippen molar-refractivity contribution in [1.29, 1.82) is 0 Å². The Morgan fingerprint density at radius 3 is 2.42 bits per heavy atom. The lowest BCUT2D eigenvalue weighted by atomic mass is 9.98. The number of aromatic nitrogens is 2. The molecule has 5 heteroatoms. The Bertz CT molecular complexity index is 1260. The summed E-state index contributed by atoms with van der Waals surface area (Å²) in [6.07, 6.45) is 5.38. The fourth-order valence-corrected chi connectivity index (χ4v) is 4.96. The van der Waals surface area contributed by atoms with Crippen LogP contribution in [0.5, 0.6) is 0 Å². The van der Waals surface area contributed by atoms with Gasteiger partial charge in [-0.25, -0.2) is 9.13 Å². The molecule has 0 unspecified atom stereocenters. The van der Waals surface area contributed by atoms with Crippen LogP contribution in [-0.4, -0.2) is 11.1 Å². The fraction of sp³-hybridized carbons (Fsp3) is 0.250. The predicted molar refractivity (Wildman–Crippen MR) is 134 cm³/mol. The SMILES string of the molecule is CCc1ccccc1-c1ccc(-n2cc(-c3ccc(Cl)cc3CC)[n+]3c2NCCC3)cc1.[Cl-]. The highest BCUT2D eigenvalue weighted by atomic mass is 35.5. The van der Waals surface area contributed by atoms with Gasteiger partial charge in [-0.15, -0.1) is 0 Å². The van der Waals surface area contributed by atoms with Gasteiger partial charge in [0.05, 0.1) is 13.1 Å². The zero-order chi connectivity index (χ0) is 22.1. The highest BCUT2D eigenvalue weighted by Crippen LogP contribution is 2.30. The van der Waals surface area contributed by atoms with E-state index in [1.54, 1.807) is 0 Å². The summed E-state index contributed by atoms with van der Waals surface area (Å²) in [4.78, 5) is 0. The Balaban J connectivity index is 0.00000259. The summed E-state index contributed by atoms with van der Waals surface area (Å²) < 4.78 is 4.70. The molecule has 5 rings (SSSR count). The van der Waals surface area contributed by atoms with Gasteiger partial charge in [0.25, 0.3) is 0 Å². The minimum absolute atomic E-state index is 0. The highest BCUT2D eigenvalue weighted by molar-refractivity contribution is 6.30. The van der Waals surface area contributed by atoms with Gasteiger partial charge < -0.3 is 12.4 Å². The first-order valence-electron chi connectivity index (χ1n) is 11.6. The molecule has 0 spiro atoms. The van der Waals surface area contributed by atoms with Crippen LogP contribution in [0.2, 0.25) is 5.02 Å². The average Bonchev–Trinajstić information content (AvgIpc) is 3.23. The lowest BCUT2D eigenvalue weighted by Gasteiger charge is -2.14. The van der Waals surface area contributed by atoms with Gasteiger partial charge in [0.1, 0.15) is 17.6 Å². The molecule has 1 aliphatic rings. The largest absolute Gasteiger partial charge is 1.00 e. The molecule has 1 aliphatic heterocycles. The third-order valence-corrected chi connectivity index (χ3v) is 6.68. The fourth-order valence-electron chi connectivity index (χ4n) is 4.77. The second-order valence-corrected chi connectivity index (χ2v) is 8.79. The van der Waals surface area contributed by atoms with Crippen LogP contribution in [0.1, 0.15) is 31.4 Å². The normalized spacial score (nSPS) is 12.6. The van der Waals surface area contributed by atoms with Gasteiger partial charge in [0.2, 0.25) is 0 Å². The van der Waals surface area contributed by atoms with E-state index in [4.69, 9.17) is 11.6 Å². The van der Waals surface area contributed by atoms with Crippen molar-refractivity contribution in [2.24, 2.45) is 0 Å². The van der Waals surface area contributed by atoms with Crippen molar-refractivity contribution in [3.05, 3.63) is 89.1 Å². The van der Waals surface area contributed by atoms with E-state index in [2.05, 4.69) is 95.2 Å². The summed E-state index contributed by atoms with van der Waals surface area (Å²) in [6, 6.07) is 23.9. The maximum atomic E-state index is 6.29. The molecular weight excluding hydrogens is 449 g/mol. The molecule has 0 radical (unpaired) electrons. The van der Waals surface area contributed by atoms with Crippen molar-refractivity contribution < 1.29 is 17.0 Å². The Hall–Kier alpha value is -2.75. The topological polar surface area (TPSA) is 20.8 Å². The maximum Gasteiger partial charge on any atom is 0.362 e. The Morgan fingerprint density at radius 1 is 0.909 bits per heavy atom. The van der Waals surface area contributed by atoms with Gasteiger partial charge >= 0.3 is 5.95 Å². The molecule has 1 N–H and O–H groups in total. The van der Waals surface area contributed by atoms with E-state index in [1.807, 2.05) is 6.07 Å². The van der Waals surface area contributed by atoms with E-state index in [9.17, 15) is 0 Å². The van der Waals surface area contributed by atoms with E-state index in [0.29, 0.717) is 0 Å². The van der Waals surface area contributed by atoms with Crippen molar-refractivity contribution in [3.8, 4) is 28.1 Å². The summed E-state index contributed by atoms with van der Waals surface area (Å²) in [5.74, 6) is 1.14. The van der Waals surface area contributed by atoms with Crippen LogP contribution < -0.4 is 22.3 Å². The molecular formula is C28H29Cl2N3. The molecule has 4 aromatic rings. The standard InChI is InChI=1S/C28H28ClN3.ClH/c1-3-20-8-5-6-9-25(20)22-10-13-24(14-11-22)32-19-27(31-17-7-16-30-28(31)32)26-15-12-23(29)18-21(26)4-2;/h5-6,8-15,18-19H,3-4,7,16-17H2,1-2H3;1H. The van der Waals surface area contributed by atoms with Crippen LogP contribution in [0, 0.1) is 0 Å². The van der Waals surface area contributed by atoms with Crippen LogP contribution >= 0.6 is 11.6 Å². The Labute approximate surface area is 207 Å². The summed E-state index contributed by atoms with van der Waals surface area (Å²) in [5, 5.41) is 4.43. The van der Waals surface area contributed by atoms with E-state index < -0.39 is 0 Å². The summed E-state index contributed by atoms with van der Waals surface area (Å²) in [7, 11) is 0. The summed E-state index contributed by atoms with van der Waals surface area (Å²) >= 11 is 6.29. The van der Waals surface area contributed by atoms with Crippen LogP contribution in [0.4, 0.5) is 5.95 Å². The Morgan fingerprint density at radius 2 is 1.67 bits per heavy atom. The molecule has 0 bridgehead atoms. The molecule has 0 fully saturated rings. The Kier molecular flexibility index (Phi) is 7.11. The van der Waals surface area contributed by atoms with E-state index in [1.165, 1.54) is 39.2 Å². The quantitative estimate of drug-likeness (QED) is 0.434. The average molecular weight is 478 g/mol. The smallest absolute Gasteiger partial charge is 0.362 e. The molecule has 2 heterocycles. The van der Waals surface area contributed by atoms with Crippen LogP contribution in [0.25, 0.3) is 28.1 Å². The molecule has 0 amide bonds. The van der Waals surface area contributed by atoms with E-state index >= 15 is 0 Å². The third-order valence-electron chi connectivity index (χ3n) is 6.45. The number of halogens is 2. The zero-order valence-corrected chi connectivity index (χ0v) is 20.6. The van der Waals surface area contributed by atoms with Crippen LogP contribution in [0.15, 0.2) is 72.9 Å². The van der Waals surface area contributed by atoms with Crippen molar-refractivity contribution in [3.63, 3.8) is 0 Å². The van der Waals surface area contributed by atoms with Crippen LogP contribution in [-0.2, 0) is 19.4 Å². The molecule has 3 aromatic carbocycles. The molecule has 0 aliphatic carbocycles. The van der Waals surface area contributed by atoms with Crippen molar-refractivity contribution in [2.75, 3.05) is 11.9 Å². The second kappa shape index (κ2) is 10.0. The minimum atomic E-state index is 0. The number of hydrogen-bond acceptors (Lipinski definition) is 1. The molecule has 0 saturated heterocycles. The van der Waals surface area contributed by atoms with Gasteiger partial charge in [0.15, 0.2) is 0 Å². The summed E-state index contributed by atoms with van der Waals surface area (Å²) in [5.41, 5.74) is 8.90. The number of nitrogens with one attached hydrogen (secondary N) is 1. The van der Waals surface area contributed by atoms with Crippen molar-refractivity contribution in [1.82, 2.24) is 4.57 Å². The second-order valence-electron chi connectivity index (χ2n) is 8.35. The molecule has 0 saturated carbocycles. The van der Waals surface area contributed by atoms with Crippen LogP contribution in [0.3, 0.4) is 0 Å². The molecule has 3 nitrogen and oxygen atoms in total. The first-order valence-corrected chi connectivity index (χ1v) is 11.9. The van der Waals surface area contributed by atoms with Gasteiger partial charge in [-0.05, 0) is 65.4 Å². The third kappa shape index (κ3) is 4.40. The summed E-state index contributed by atoms with van der Waals surface area (Å²) in [6.45, 7) is 6.41. The highest BCUT2D eigenvalue weighted by Gasteiger charge is 2.28. The number of hydrogen-bond donors (Lipinski definition) is 1. The monoisotopic (exact) mass is 477 g/mol. The lowest BCUT2D eigenvalue weighted by Crippen LogP contribution is -3.00. The first kappa shape index (κ1) is 23.4. The maximum absolute atomic E-state index is 6.29. The molecule has 1 aromatic heterocycles. The number of anilines is 1. The molecule has 0 atom stereocenters. The van der Waals surface area contributed by atoms with Crippen molar-refractivity contribution in [2.45, 2.75) is 39.7 Å². The number of benzene rings is 3. The van der Waals surface area contributed by atoms with Gasteiger partial charge in [0, 0.05) is 17.0 Å². The molecule has 33 heavy (non-hydrogen) atoms. The number of rotatable bonds is 5. The lowest BCUT2D eigenvalue weighted by molar-refractivity contribution is -0.675. The van der Waals surface area contributed by atoms with Gasteiger partial charge in [-0.3, -0.25) is 5.32 Å². The number of imidazole rings is 1. The van der Waals surface area contributed by atoms with Gasteiger partial charge in [-0.1, -0.05) is 61.8 Å². The zero-order valence-electron chi connectivity index (χ0n) is 19.1.